The van der Waals surface area contributed by atoms with E-state index in [9.17, 15) is 9.59 Å². The number of ether oxygens (including phenoxy) is 2. The van der Waals surface area contributed by atoms with E-state index in [0.29, 0.717) is 31.3 Å². The number of rotatable bonds is 9. The quantitative estimate of drug-likeness (QED) is 0.163. The van der Waals surface area contributed by atoms with Gasteiger partial charge < -0.3 is 23.8 Å². The normalized spacial score (nSPS) is 15.9. The van der Waals surface area contributed by atoms with E-state index in [1.807, 2.05) is 56.7 Å². The van der Waals surface area contributed by atoms with Gasteiger partial charge in [0.2, 0.25) is 0 Å². The summed E-state index contributed by atoms with van der Waals surface area (Å²) in [5.74, 6) is 0.0809. The molecule has 2 aliphatic heterocycles. The molecule has 2 saturated heterocycles. The van der Waals surface area contributed by atoms with Crippen LogP contribution in [-0.2, 0) is 26.7 Å². The van der Waals surface area contributed by atoms with Gasteiger partial charge in [0.1, 0.15) is 5.69 Å². The maximum atomic E-state index is 12.1. The van der Waals surface area contributed by atoms with E-state index in [0.717, 1.165) is 71.0 Å². The van der Waals surface area contributed by atoms with Gasteiger partial charge in [0.05, 0.1) is 37.0 Å². The van der Waals surface area contributed by atoms with E-state index in [4.69, 9.17) is 26.1 Å². The number of esters is 2. The van der Waals surface area contributed by atoms with E-state index >= 15 is 0 Å². The molecule has 0 radical (unpaired) electrons. The lowest BCUT2D eigenvalue weighted by Crippen LogP contribution is -2.29. The molecular formula is C35H48ClN5O4S2. The molecule has 0 N–H and O–H groups in total. The maximum absolute atomic E-state index is 12.1. The van der Waals surface area contributed by atoms with Crippen molar-refractivity contribution in [1.82, 2.24) is 14.5 Å². The summed E-state index contributed by atoms with van der Waals surface area (Å²) in [6.45, 7) is 13.6. The van der Waals surface area contributed by atoms with Gasteiger partial charge in [0, 0.05) is 48.7 Å². The number of hydrogen-bond donors (Lipinski definition) is 0. The van der Waals surface area contributed by atoms with E-state index in [1.165, 1.54) is 38.5 Å². The predicted molar refractivity (Wildman–Crippen MR) is 193 cm³/mol. The number of carbonyl (C=O) groups excluding carboxylic acids is 2. The van der Waals surface area contributed by atoms with Gasteiger partial charge in [-0.1, -0.05) is 11.6 Å². The number of alkyl halides is 1. The molecule has 12 heteroatoms. The SMILES string of the molecule is CCOC(=O)C1=CC(C)=CC1.CCOC(=O)c1cc(C)cn1Cc1csc(N2CCCCC2)n1.ClCc1csc(N2CCCCC2)n1. The van der Waals surface area contributed by atoms with Crippen LogP contribution in [0.25, 0.3) is 0 Å². The van der Waals surface area contributed by atoms with E-state index < -0.39 is 0 Å². The summed E-state index contributed by atoms with van der Waals surface area (Å²) >= 11 is 9.11. The van der Waals surface area contributed by atoms with Crippen molar-refractivity contribution in [1.29, 1.82) is 0 Å². The second-order valence-electron chi connectivity index (χ2n) is 11.8. The lowest BCUT2D eigenvalue weighted by atomic mass is 10.1. The van der Waals surface area contributed by atoms with Crippen LogP contribution in [0.2, 0.25) is 0 Å². The van der Waals surface area contributed by atoms with Gasteiger partial charge in [-0.15, -0.1) is 34.3 Å². The molecule has 9 nitrogen and oxygen atoms in total. The molecule has 3 aromatic rings. The Morgan fingerprint density at radius 1 is 0.830 bits per heavy atom. The van der Waals surface area contributed by atoms with Gasteiger partial charge in [-0.05, 0) is 90.3 Å². The fraction of sp³-hybridized carbons (Fsp3) is 0.543. The van der Waals surface area contributed by atoms with Crippen molar-refractivity contribution in [3.8, 4) is 0 Å². The maximum Gasteiger partial charge on any atom is 0.354 e. The number of anilines is 2. The van der Waals surface area contributed by atoms with Crippen LogP contribution >= 0.6 is 34.3 Å². The number of carbonyl (C=O) groups is 2. The summed E-state index contributed by atoms with van der Waals surface area (Å²) in [5.41, 5.74) is 5.57. The number of hydrogen-bond acceptors (Lipinski definition) is 10. The Hall–Kier alpha value is -3.15. The molecule has 0 unspecified atom stereocenters. The molecule has 256 valence electrons. The number of thiazole rings is 2. The van der Waals surface area contributed by atoms with Crippen molar-refractivity contribution in [2.24, 2.45) is 0 Å². The average molecular weight is 702 g/mol. The predicted octanol–water partition coefficient (Wildman–Crippen LogP) is 8.17. The number of nitrogens with zero attached hydrogens (tertiary/aromatic N) is 5. The third-order valence-corrected chi connectivity index (χ3v) is 10.1. The van der Waals surface area contributed by atoms with Gasteiger partial charge in [0.15, 0.2) is 10.3 Å². The fourth-order valence-corrected chi connectivity index (χ4v) is 7.53. The highest BCUT2D eigenvalue weighted by Crippen LogP contribution is 2.26. The smallest absolute Gasteiger partial charge is 0.354 e. The van der Waals surface area contributed by atoms with Crippen molar-refractivity contribution in [2.45, 2.75) is 85.1 Å². The van der Waals surface area contributed by atoms with Crippen LogP contribution in [0.4, 0.5) is 10.3 Å². The first-order chi connectivity index (χ1) is 22.8. The van der Waals surface area contributed by atoms with E-state index in [-0.39, 0.29) is 11.9 Å². The first kappa shape index (κ1) is 36.7. The molecule has 47 heavy (non-hydrogen) atoms. The third kappa shape index (κ3) is 11.2. The van der Waals surface area contributed by atoms with Crippen LogP contribution < -0.4 is 9.80 Å². The second kappa shape index (κ2) is 19.0. The molecule has 6 rings (SSSR count). The lowest BCUT2D eigenvalue weighted by molar-refractivity contribution is -0.138. The highest BCUT2D eigenvalue weighted by molar-refractivity contribution is 7.14. The second-order valence-corrected chi connectivity index (χ2v) is 13.7. The van der Waals surface area contributed by atoms with Crippen LogP contribution in [0.5, 0.6) is 0 Å². The first-order valence-corrected chi connectivity index (χ1v) is 18.9. The van der Waals surface area contributed by atoms with Crippen LogP contribution in [0, 0.1) is 6.92 Å². The van der Waals surface area contributed by atoms with Crippen molar-refractivity contribution < 1.29 is 19.1 Å². The summed E-state index contributed by atoms with van der Waals surface area (Å²) in [6.07, 6.45) is 14.4. The minimum absolute atomic E-state index is 0.180. The van der Waals surface area contributed by atoms with Gasteiger partial charge in [-0.3, -0.25) is 0 Å². The van der Waals surface area contributed by atoms with Crippen molar-refractivity contribution in [3.63, 3.8) is 0 Å². The monoisotopic (exact) mass is 701 g/mol. The van der Waals surface area contributed by atoms with E-state index in [2.05, 4.69) is 25.5 Å². The largest absolute Gasteiger partial charge is 0.463 e. The summed E-state index contributed by atoms with van der Waals surface area (Å²) < 4.78 is 11.9. The van der Waals surface area contributed by atoms with Gasteiger partial charge in [0.25, 0.3) is 0 Å². The Balaban J connectivity index is 0.000000176. The molecule has 0 spiro atoms. The molecule has 3 aliphatic rings. The minimum Gasteiger partial charge on any atom is -0.463 e. The zero-order valence-electron chi connectivity index (χ0n) is 28.1. The van der Waals surface area contributed by atoms with Crippen molar-refractivity contribution >= 4 is 56.5 Å². The summed E-state index contributed by atoms with van der Waals surface area (Å²) in [6, 6.07) is 1.87. The molecule has 3 aromatic heterocycles. The zero-order valence-corrected chi connectivity index (χ0v) is 30.5. The Morgan fingerprint density at radius 2 is 1.38 bits per heavy atom. The van der Waals surface area contributed by atoms with Gasteiger partial charge >= 0.3 is 11.9 Å². The summed E-state index contributed by atoms with van der Waals surface area (Å²) in [5, 5.41) is 6.39. The fourth-order valence-electron chi connectivity index (χ4n) is 5.55. The molecular weight excluding hydrogens is 654 g/mol. The Bertz CT molecular complexity index is 1500. The molecule has 2 fully saturated rings. The van der Waals surface area contributed by atoms with Crippen molar-refractivity contribution in [2.75, 3.05) is 49.2 Å². The van der Waals surface area contributed by atoms with Gasteiger partial charge in [-0.25, -0.2) is 19.6 Å². The van der Waals surface area contributed by atoms with Crippen LogP contribution in [-0.4, -0.2) is 65.9 Å². The lowest BCUT2D eigenvalue weighted by Gasteiger charge is -2.25. The summed E-state index contributed by atoms with van der Waals surface area (Å²) in [7, 11) is 0. The Morgan fingerprint density at radius 3 is 1.89 bits per heavy atom. The number of allylic oxidation sites excluding steroid dienone is 3. The molecule has 1 aliphatic carbocycles. The highest BCUT2D eigenvalue weighted by atomic mass is 35.5. The molecule has 0 aromatic carbocycles. The Labute approximate surface area is 292 Å². The van der Waals surface area contributed by atoms with Crippen LogP contribution in [0.1, 0.15) is 93.2 Å². The average Bonchev–Trinajstić information content (AvgIpc) is 3.91. The minimum atomic E-state index is -0.271. The Kier molecular flexibility index (Phi) is 14.8. The van der Waals surface area contributed by atoms with Crippen LogP contribution in [0.15, 0.2) is 46.3 Å². The molecule has 5 heterocycles. The topological polar surface area (TPSA) is 89.8 Å². The standard InChI is InChI=1S/C17H23N3O2S.C9H13ClN2S.C9H12O2/c1-3-22-16(21)15-9-13(2)10-20(15)11-14-12-23-17(18-14)19-7-5-4-6-8-19;10-6-8-7-13-9(11-8)12-4-2-1-3-5-12;1-3-11-9(10)8-5-4-7(2)6-8/h9-10,12H,3-8,11H2,1-2H3;7H,1-6H2;4,6H,3,5H2,1-2H3. The van der Waals surface area contributed by atoms with E-state index in [1.54, 1.807) is 22.7 Å². The number of aryl methyl sites for hydroxylation is 1. The zero-order chi connectivity index (χ0) is 33.6. The number of halogens is 1. The van der Waals surface area contributed by atoms with Crippen molar-refractivity contribution in [3.05, 3.63) is 69.0 Å². The number of piperidine rings is 2. The molecule has 0 saturated carbocycles. The molecule has 0 amide bonds. The summed E-state index contributed by atoms with van der Waals surface area (Å²) in [4.78, 5) is 37.1. The van der Waals surface area contributed by atoms with Crippen LogP contribution in [0.3, 0.4) is 0 Å². The first-order valence-electron chi connectivity index (χ1n) is 16.6. The molecule has 0 bridgehead atoms. The third-order valence-electron chi connectivity index (χ3n) is 7.90. The molecule has 0 atom stereocenters. The van der Waals surface area contributed by atoms with Gasteiger partial charge in [-0.2, -0.15) is 0 Å². The number of aromatic nitrogens is 3. The highest BCUT2D eigenvalue weighted by Gasteiger charge is 2.18.